The maximum atomic E-state index is 5.14. The fourth-order valence-electron chi connectivity index (χ4n) is 2.06. The standard InChI is InChI=1S/C11H24N2O/c1-10(2)12-13-8-5-4-6-11(13)7-9-14-3/h10-12H,4-9H2,1-3H3. The molecule has 3 nitrogen and oxygen atoms in total. The van der Waals surface area contributed by atoms with E-state index in [0.717, 1.165) is 13.0 Å². The summed E-state index contributed by atoms with van der Waals surface area (Å²) in [6, 6.07) is 1.21. The summed E-state index contributed by atoms with van der Waals surface area (Å²) in [7, 11) is 1.78. The van der Waals surface area contributed by atoms with Gasteiger partial charge in [-0.25, -0.2) is 5.01 Å². The number of hydrogen-bond donors (Lipinski definition) is 1. The third kappa shape index (κ3) is 3.95. The van der Waals surface area contributed by atoms with Gasteiger partial charge in [-0.3, -0.25) is 5.43 Å². The average molecular weight is 200 g/mol. The molecule has 0 aromatic rings. The van der Waals surface area contributed by atoms with E-state index < -0.39 is 0 Å². The van der Waals surface area contributed by atoms with Crippen molar-refractivity contribution in [3.63, 3.8) is 0 Å². The fraction of sp³-hybridized carbons (Fsp3) is 1.00. The first-order valence-corrected chi connectivity index (χ1v) is 5.75. The van der Waals surface area contributed by atoms with Crippen molar-refractivity contribution in [2.45, 2.75) is 51.6 Å². The Bertz CT molecular complexity index is 150. The van der Waals surface area contributed by atoms with Crippen LogP contribution in [0.4, 0.5) is 0 Å². The lowest BCUT2D eigenvalue weighted by molar-refractivity contribution is 0.0501. The number of nitrogens with one attached hydrogen (secondary N) is 1. The molecule has 0 aliphatic carbocycles. The summed E-state index contributed by atoms with van der Waals surface area (Å²) < 4.78 is 5.14. The molecule has 1 aliphatic rings. The van der Waals surface area contributed by atoms with E-state index in [9.17, 15) is 0 Å². The van der Waals surface area contributed by atoms with Crippen LogP contribution in [0, 0.1) is 0 Å². The van der Waals surface area contributed by atoms with Gasteiger partial charge in [0.05, 0.1) is 0 Å². The third-order valence-electron chi connectivity index (χ3n) is 2.71. The lowest BCUT2D eigenvalue weighted by atomic mass is 10.0. The Morgan fingerprint density at radius 2 is 2.21 bits per heavy atom. The van der Waals surface area contributed by atoms with Gasteiger partial charge in [-0.2, -0.15) is 0 Å². The van der Waals surface area contributed by atoms with Crippen LogP contribution in [0.5, 0.6) is 0 Å². The van der Waals surface area contributed by atoms with E-state index in [1.54, 1.807) is 7.11 Å². The molecular formula is C11H24N2O. The van der Waals surface area contributed by atoms with Crippen LogP contribution < -0.4 is 5.43 Å². The van der Waals surface area contributed by atoms with Crippen LogP contribution in [-0.2, 0) is 4.74 Å². The van der Waals surface area contributed by atoms with Gasteiger partial charge < -0.3 is 4.74 Å². The molecule has 0 radical (unpaired) electrons. The molecule has 1 saturated heterocycles. The fourth-order valence-corrected chi connectivity index (χ4v) is 2.06. The second-order valence-corrected chi connectivity index (χ2v) is 4.41. The van der Waals surface area contributed by atoms with Crippen molar-refractivity contribution in [2.24, 2.45) is 0 Å². The summed E-state index contributed by atoms with van der Waals surface area (Å²) in [5, 5.41) is 2.41. The topological polar surface area (TPSA) is 24.5 Å². The Balaban J connectivity index is 2.33. The Kier molecular flexibility index (Phi) is 5.45. The Hall–Kier alpha value is -0.120. The van der Waals surface area contributed by atoms with Crippen molar-refractivity contribution < 1.29 is 4.74 Å². The van der Waals surface area contributed by atoms with E-state index in [2.05, 4.69) is 24.3 Å². The number of rotatable bonds is 5. The maximum absolute atomic E-state index is 5.14. The van der Waals surface area contributed by atoms with Gasteiger partial charge in [0.1, 0.15) is 0 Å². The SMILES string of the molecule is COCCC1CCCCN1NC(C)C. The van der Waals surface area contributed by atoms with E-state index in [-0.39, 0.29) is 0 Å². The molecule has 84 valence electrons. The number of piperidine rings is 1. The highest BCUT2D eigenvalue weighted by molar-refractivity contribution is 4.74. The van der Waals surface area contributed by atoms with Crippen LogP contribution in [0.3, 0.4) is 0 Å². The molecule has 1 rings (SSSR count). The predicted molar refractivity (Wildman–Crippen MR) is 59.1 cm³/mol. The van der Waals surface area contributed by atoms with Gasteiger partial charge in [-0.1, -0.05) is 6.42 Å². The third-order valence-corrected chi connectivity index (χ3v) is 2.71. The minimum absolute atomic E-state index is 0.540. The van der Waals surface area contributed by atoms with Crippen LogP contribution >= 0.6 is 0 Å². The van der Waals surface area contributed by atoms with E-state index in [1.807, 2.05) is 0 Å². The predicted octanol–water partition coefficient (Wildman–Crippen LogP) is 1.79. The highest BCUT2D eigenvalue weighted by atomic mass is 16.5. The smallest absolute Gasteiger partial charge is 0.0477 e. The van der Waals surface area contributed by atoms with Crippen molar-refractivity contribution in [1.82, 2.24) is 10.4 Å². The number of methoxy groups -OCH3 is 1. The molecule has 14 heavy (non-hydrogen) atoms. The maximum Gasteiger partial charge on any atom is 0.0477 e. The number of hydrazine groups is 1. The number of nitrogens with zero attached hydrogens (tertiary/aromatic N) is 1. The van der Waals surface area contributed by atoms with Gasteiger partial charge in [0, 0.05) is 32.3 Å². The molecule has 1 unspecified atom stereocenters. The van der Waals surface area contributed by atoms with Crippen LogP contribution in [0.2, 0.25) is 0 Å². The molecule has 1 fully saturated rings. The van der Waals surface area contributed by atoms with Gasteiger partial charge in [-0.05, 0) is 33.1 Å². The second kappa shape index (κ2) is 6.38. The number of hydrogen-bond acceptors (Lipinski definition) is 3. The van der Waals surface area contributed by atoms with Crippen molar-refractivity contribution >= 4 is 0 Å². The largest absolute Gasteiger partial charge is 0.385 e. The molecule has 1 atom stereocenters. The van der Waals surface area contributed by atoms with Gasteiger partial charge in [0.25, 0.3) is 0 Å². The summed E-state index contributed by atoms with van der Waals surface area (Å²) in [5.74, 6) is 0. The molecule has 0 saturated carbocycles. The number of ether oxygens (including phenoxy) is 1. The average Bonchev–Trinajstić information content (AvgIpc) is 2.16. The highest BCUT2D eigenvalue weighted by Crippen LogP contribution is 2.17. The lowest BCUT2D eigenvalue weighted by Gasteiger charge is -2.37. The van der Waals surface area contributed by atoms with Crippen LogP contribution in [0.1, 0.15) is 39.5 Å². The molecule has 3 heteroatoms. The first-order valence-electron chi connectivity index (χ1n) is 5.75. The zero-order valence-electron chi connectivity index (χ0n) is 9.75. The summed E-state index contributed by atoms with van der Waals surface area (Å²) >= 11 is 0. The minimum atomic E-state index is 0.540. The molecule has 0 bridgehead atoms. The van der Waals surface area contributed by atoms with Gasteiger partial charge in [0.15, 0.2) is 0 Å². The highest BCUT2D eigenvalue weighted by Gasteiger charge is 2.22. The van der Waals surface area contributed by atoms with E-state index in [4.69, 9.17) is 4.74 Å². The zero-order chi connectivity index (χ0) is 10.4. The van der Waals surface area contributed by atoms with Gasteiger partial charge >= 0.3 is 0 Å². The molecule has 1 N–H and O–H groups in total. The summed E-state index contributed by atoms with van der Waals surface area (Å²) in [6.07, 6.45) is 5.15. The van der Waals surface area contributed by atoms with Crippen LogP contribution in [0.15, 0.2) is 0 Å². The van der Waals surface area contributed by atoms with Crippen molar-refractivity contribution in [1.29, 1.82) is 0 Å². The summed E-state index contributed by atoms with van der Waals surface area (Å²) in [4.78, 5) is 0. The molecule has 0 spiro atoms. The van der Waals surface area contributed by atoms with Gasteiger partial charge in [0.2, 0.25) is 0 Å². The Morgan fingerprint density at radius 1 is 1.43 bits per heavy atom. The summed E-state index contributed by atoms with van der Waals surface area (Å²) in [5.41, 5.74) is 3.52. The van der Waals surface area contributed by atoms with Crippen molar-refractivity contribution in [3.05, 3.63) is 0 Å². The monoisotopic (exact) mass is 200 g/mol. The second-order valence-electron chi connectivity index (χ2n) is 4.41. The molecule has 0 aromatic heterocycles. The van der Waals surface area contributed by atoms with Crippen molar-refractivity contribution in [3.8, 4) is 0 Å². The normalized spacial score (nSPS) is 24.4. The first-order chi connectivity index (χ1) is 6.74. The zero-order valence-corrected chi connectivity index (χ0v) is 9.75. The quantitative estimate of drug-likeness (QED) is 0.732. The molecular weight excluding hydrogens is 176 g/mol. The van der Waals surface area contributed by atoms with Crippen molar-refractivity contribution in [2.75, 3.05) is 20.3 Å². The molecule has 1 aliphatic heterocycles. The lowest BCUT2D eigenvalue weighted by Crippen LogP contribution is -2.51. The molecule has 1 heterocycles. The Labute approximate surface area is 87.8 Å². The minimum Gasteiger partial charge on any atom is -0.385 e. The van der Waals surface area contributed by atoms with Crippen LogP contribution in [0.25, 0.3) is 0 Å². The van der Waals surface area contributed by atoms with E-state index >= 15 is 0 Å². The van der Waals surface area contributed by atoms with E-state index in [0.29, 0.717) is 12.1 Å². The molecule has 0 amide bonds. The van der Waals surface area contributed by atoms with Crippen LogP contribution in [-0.4, -0.2) is 37.4 Å². The summed E-state index contributed by atoms with van der Waals surface area (Å²) in [6.45, 7) is 6.46. The van der Waals surface area contributed by atoms with E-state index in [1.165, 1.54) is 25.8 Å². The first kappa shape index (κ1) is 12.0. The Morgan fingerprint density at radius 3 is 2.86 bits per heavy atom. The van der Waals surface area contributed by atoms with Gasteiger partial charge in [-0.15, -0.1) is 0 Å². The molecule has 0 aromatic carbocycles.